The predicted octanol–water partition coefficient (Wildman–Crippen LogP) is 1.77. The van der Waals surface area contributed by atoms with Crippen molar-refractivity contribution in [1.82, 2.24) is 5.32 Å². The first-order valence-electron chi connectivity index (χ1n) is 6.27. The monoisotopic (exact) mass is 312 g/mol. The van der Waals surface area contributed by atoms with Crippen molar-refractivity contribution in [2.45, 2.75) is 19.3 Å². The fourth-order valence-corrected chi connectivity index (χ4v) is 2.16. The van der Waals surface area contributed by atoms with Gasteiger partial charge in [0, 0.05) is 18.7 Å². The van der Waals surface area contributed by atoms with Crippen molar-refractivity contribution in [3.63, 3.8) is 0 Å². The summed E-state index contributed by atoms with van der Waals surface area (Å²) in [5.41, 5.74) is -0.513. The molecule has 0 radical (unpaired) electrons. The SMILES string of the molecule is O=C(Cc1ccc([N+](=O)[O-])cc1Cl)NCC1(C(=O)O)CC1. The molecular formula is C13H13ClN2O5. The third-order valence-electron chi connectivity index (χ3n) is 3.53. The van der Waals surface area contributed by atoms with Gasteiger partial charge in [-0.3, -0.25) is 19.7 Å². The summed E-state index contributed by atoms with van der Waals surface area (Å²) in [5, 5.41) is 22.3. The Balaban J connectivity index is 1.94. The number of rotatable bonds is 6. The molecule has 1 aromatic carbocycles. The molecule has 0 unspecified atom stereocenters. The van der Waals surface area contributed by atoms with Gasteiger partial charge in [0.1, 0.15) is 0 Å². The van der Waals surface area contributed by atoms with Crippen LogP contribution in [0.25, 0.3) is 0 Å². The van der Waals surface area contributed by atoms with Crippen molar-refractivity contribution in [2.24, 2.45) is 5.41 Å². The van der Waals surface area contributed by atoms with Gasteiger partial charge in [-0.05, 0) is 18.4 Å². The first-order valence-corrected chi connectivity index (χ1v) is 6.65. The minimum absolute atomic E-state index is 0.0491. The summed E-state index contributed by atoms with van der Waals surface area (Å²) in [7, 11) is 0. The van der Waals surface area contributed by atoms with Crippen LogP contribution in [0.15, 0.2) is 18.2 Å². The van der Waals surface area contributed by atoms with E-state index in [4.69, 9.17) is 16.7 Å². The number of benzene rings is 1. The molecular weight excluding hydrogens is 300 g/mol. The van der Waals surface area contributed by atoms with Crippen LogP contribution in [-0.2, 0) is 16.0 Å². The number of non-ortho nitro benzene ring substituents is 1. The average molecular weight is 313 g/mol. The Hall–Kier alpha value is -2.15. The third-order valence-corrected chi connectivity index (χ3v) is 3.88. The van der Waals surface area contributed by atoms with Crippen molar-refractivity contribution in [3.8, 4) is 0 Å². The molecule has 2 rings (SSSR count). The number of aliphatic carboxylic acids is 1. The van der Waals surface area contributed by atoms with Gasteiger partial charge in [-0.2, -0.15) is 0 Å². The predicted molar refractivity (Wildman–Crippen MR) is 74.1 cm³/mol. The van der Waals surface area contributed by atoms with Crippen LogP contribution in [0.4, 0.5) is 5.69 Å². The first-order chi connectivity index (χ1) is 9.84. The maximum Gasteiger partial charge on any atom is 0.311 e. The highest BCUT2D eigenvalue weighted by Crippen LogP contribution is 2.45. The molecule has 2 N–H and O–H groups in total. The van der Waals surface area contributed by atoms with Gasteiger partial charge < -0.3 is 10.4 Å². The zero-order valence-corrected chi connectivity index (χ0v) is 11.7. The number of carboxylic acids is 1. The second-order valence-corrected chi connectivity index (χ2v) is 5.48. The van der Waals surface area contributed by atoms with Crippen molar-refractivity contribution < 1.29 is 19.6 Å². The fraction of sp³-hybridized carbons (Fsp3) is 0.385. The van der Waals surface area contributed by atoms with E-state index in [1.165, 1.54) is 18.2 Å². The molecule has 0 bridgehead atoms. The van der Waals surface area contributed by atoms with Crippen molar-refractivity contribution in [3.05, 3.63) is 38.9 Å². The Morgan fingerprint density at radius 2 is 2.10 bits per heavy atom. The van der Waals surface area contributed by atoms with Crippen LogP contribution in [0.3, 0.4) is 0 Å². The van der Waals surface area contributed by atoms with Gasteiger partial charge in [-0.15, -0.1) is 0 Å². The Bertz CT molecular complexity index is 613. The van der Waals surface area contributed by atoms with E-state index < -0.39 is 16.3 Å². The van der Waals surface area contributed by atoms with Crippen LogP contribution in [0, 0.1) is 15.5 Å². The van der Waals surface area contributed by atoms with Gasteiger partial charge in [0.05, 0.1) is 21.8 Å². The van der Waals surface area contributed by atoms with E-state index >= 15 is 0 Å². The second-order valence-electron chi connectivity index (χ2n) is 5.07. The van der Waals surface area contributed by atoms with E-state index in [0.29, 0.717) is 18.4 Å². The van der Waals surface area contributed by atoms with E-state index in [-0.39, 0.29) is 29.6 Å². The lowest BCUT2D eigenvalue weighted by Crippen LogP contribution is -2.35. The number of halogens is 1. The lowest BCUT2D eigenvalue weighted by Gasteiger charge is -2.11. The van der Waals surface area contributed by atoms with E-state index in [9.17, 15) is 19.7 Å². The maximum atomic E-state index is 11.8. The van der Waals surface area contributed by atoms with Crippen LogP contribution in [0.2, 0.25) is 5.02 Å². The van der Waals surface area contributed by atoms with Gasteiger partial charge >= 0.3 is 5.97 Å². The van der Waals surface area contributed by atoms with Gasteiger partial charge in [0.2, 0.25) is 5.91 Å². The van der Waals surface area contributed by atoms with Crippen molar-refractivity contribution in [1.29, 1.82) is 0 Å². The molecule has 0 saturated heterocycles. The van der Waals surface area contributed by atoms with E-state index in [0.717, 1.165) is 0 Å². The fourth-order valence-electron chi connectivity index (χ4n) is 1.91. The van der Waals surface area contributed by atoms with E-state index in [2.05, 4.69) is 5.32 Å². The number of hydrogen-bond donors (Lipinski definition) is 2. The first kappa shape index (κ1) is 15.2. The van der Waals surface area contributed by atoms with E-state index in [1.807, 2.05) is 0 Å². The number of nitro benzene ring substituents is 1. The molecule has 21 heavy (non-hydrogen) atoms. The number of carboxylic acid groups (broad SMARTS) is 1. The van der Waals surface area contributed by atoms with Crippen LogP contribution in [-0.4, -0.2) is 28.5 Å². The van der Waals surface area contributed by atoms with Gasteiger partial charge in [0.15, 0.2) is 0 Å². The number of hydrogen-bond acceptors (Lipinski definition) is 4. The van der Waals surface area contributed by atoms with E-state index in [1.54, 1.807) is 0 Å². The normalized spacial score (nSPS) is 15.3. The zero-order valence-electron chi connectivity index (χ0n) is 11.0. The molecule has 1 fully saturated rings. The lowest BCUT2D eigenvalue weighted by atomic mass is 10.1. The summed E-state index contributed by atoms with van der Waals surface area (Å²) >= 11 is 5.89. The summed E-state index contributed by atoms with van der Waals surface area (Å²) in [6, 6.07) is 3.88. The van der Waals surface area contributed by atoms with Crippen LogP contribution in [0.5, 0.6) is 0 Å². The molecule has 7 nitrogen and oxygen atoms in total. The summed E-state index contributed by atoms with van der Waals surface area (Å²) in [6.07, 6.45) is 1.06. The Morgan fingerprint density at radius 3 is 2.57 bits per heavy atom. The summed E-state index contributed by atoms with van der Waals surface area (Å²) in [6.45, 7) is 0.0891. The highest BCUT2D eigenvalue weighted by molar-refractivity contribution is 6.31. The minimum atomic E-state index is -0.906. The standard InChI is InChI=1S/C13H13ClN2O5/c14-10-6-9(16(20)21)2-1-8(10)5-11(17)15-7-13(3-4-13)12(18)19/h1-2,6H,3-5,7H2,(H,15,17)(H,18,19). The smallest absolute Gasteiger partial charge is 0.311 e. The largest absolute Gasteiger partial charge is 0.481 e. The number of amides is 1. The summed E-state index contributed by atoms with van der Waals surface area (Å²) in [5.74, 6) is -1.27. The Labute approximate surface area is 125 Å². The van der Waals surface area contributed by atoms with Gasteiger partial charge in [-0.25, -0.2) is 0 Å². The number of carbonyl (C=O) groups excluding carboxylic acids is 1. The molecule has 8 heteroatoms. The van der Waals surface area contributed by atoms with Gasteiger partial charge in [0.25, 0.3) is 5.69 Å². The molecule has 0 heterocycles. The molecule has 1 saturated carbocycles. The quantitative estimate of drug-likeness (QED) is 0.614. The molecule has 1 aliphatic rings. The topological polar surface area (TPSA) is 110 Å². The summed E-state index contributed by atoms with van der Waals surface area (Å²) in [4.78, 5) is 32.8. The van der Waals surface area contributed by atoms with Crippen molar-refractivity contribution >= 4 is 29.2 Å². The number of nitrogens with zero attached hydrogens (tertiary/aromatic N) is 1. The zero-order chi connectivity index (χ0) is 15.6. The highest BCUT2D eigenvalue weighted by Gasteiger charge is 2.50. The number of nitro groups is 1. The average Bonchev–Trinajstić information content (AvgIpc) is 3.20. The maximum absolute atomic E-state index is 11.8. The molecule has 0 aromatic heterocycles. The Morgan fingerprint density at radius 1 is 1.43 bits per heavy atom. The molecule has 1 aliphatic carbocycles. The number of carbonyl (C=O) groups is 2. The van der Waals surface area contributed by atoms with Crippen LogP contribution < -0.4 is 5.32 Å². The molecule has 1 aromatic rings. The minimum Gasteiger partial charge on any atom is -0.481 e. The Kier molecular flexibility index (Phi) is 4.13. The van der Waals surface area contributed by atoms with Crippen LogP contribution in [0.1, 0.15) is 18.4 Å². The summed E-state index contributed by atoms with van der Waals surface area (Å²) < 4.78 is 0. The lowest BCUT2D eigenvalue weighted by molar-refractivity contribution is -0.384. The van der Waals surface area contributed by atoms with Gasteiger partial charge in [-0.1, -0.05) is 17.7 Å². The number of nitrogens with one attached hydrogen (secondary N) is 1. The second kappa shape index (κ2) is 5.69. The molecule has 112 valence electrons. The highest BCUT2D eigenvalue weighted by atomic mass is 35.5. The van der Waals surface area contributed by atoms with Crippen molar-refractivity contribution in [2.75, 3.05) is 6.54 Å². The van der Waals surface area contributed by atoms with Crippen LogP contribution >= 0.6 is 11.6 Å². The molecule has 1 amide bonds. The molecule has 0 spiro atoms. The molecule has 0 aliphatic heterocycles. The molecule has 0 atom stereocenters. The third kappa shape index (κ3) is 3.49.